The van der Waals surface area contributed by atoms with Gasteiger partial charge < -0.3 is 9.88 Å². The molecule has 0 amide bonds. The standard InChI is InChI=1S/C14H18ClN3S/c1-4-16-10(2)12-6-5-11(9-13(12)15)19-14-17-7-8-18(14)3/h5-10,16H,4H2,1-3H3. The summed E-state index contributed by atoms with van der Waals surface area (Å²) in [6, 6.07) is 6.45. The molecule has 5 heteroatoms. The average molecular weight is 296 g/mol. The maximum absolute atomic E-state index is 6.36. The lowest BCUT2D eigenvalue weighted by Crippen LogP contribution is -2.17. The molecule has 1 N–H and O–H groups in total. The molecule has 3 nitrogen and oxygen atoms in total. The van der Waals surface area contributed by atoms with Crippen molar-refractivity contribution < 1.29 is 0 Å². The number of aryl methyl sites for hydroxylation is 1. The summed E-state index contributed by atoms with van der Waals surface area (Å²) in [6.07, 6.45) is 3.73. The van der Waals surface area contributed by atoms with Gasteiger partial charge in [0.25, 0.3) is 0 Å². The molecule has 0 fully saturated rings. The number of benzene rings is 1. The number of rotatable bonds is 5. The van der Waals surface area contributed by atoms with Gasteiger partial charge in [-0.15, -0.1) is 0 Å². The van der Waals surface area contributed by atoms with E-state index in [1.807, 2.05) is 23.9 Å². The van der Waals surface area contributed by atoms with Crippen LogP contribution in [0.4, 0.5) is 0 Å². The van der Waals surface area contributed by atoms with Gasteiger partial charge in [0, 0.05) is 35.4 Å². The van der Waals surface area contributed by atoms with Crippen LogP contribution in [0.15, 0.2) is 40.6 Å². The van der Waals surface area contributed by atoms with Crippen LogP contribution in [0.3, 0.4) is 0 Å². The molecule has 0 bridgehead atoms. The Morgan fingerprint density at radius 1 is 1.47 bits per heavy atom. The molecule has 2 rings (SSSR count). The normalized spacial score (nSPS) is 12.6. The fourth-order valence-corrected chi connectivity index (χ4v) is 3.15. The van der Waals surface area contributed by atoms with E-state index in [1.165, 1.54) is 0 Å². The summed E-state index contributed by atoms with van der Waals surface area (Å²) in [4.78, 5) is 5.40. The Bertz CT molecular complexity index is 553. The highest BCUT2D eigenvalue weighted by Crippen LogP contribution is 2.31. The minimum atomic E-state index is 0.268. The van der Waals surface area contributed by atoms with Crippen LogP contribution in [0, 0.1) is 0 Å². The molecule has 1 aromatic carbocycles. The molecule has 0 aliphatic rings. The van der Waals surface area contributed by atoms with Crippen molar-refractivity contribution in [3.05, 3.63) is 41.2 Å². The second kappa shape index (κ2) is 6.46. The van der Waals surface area contributed by atoms with Crippen LogP contribution in [-0.2, 0) is 7.05 Å². The molecule has 1 unspecified atom stereocenters. The number of imidazole rings is 1. The number of nitrogens with one attached hydrogen (secondary N) is 1. The van der Waals surface area contributed by atoms with E-state index < -0.39 is 0 Å². The van der Waals surface area contributed by atoms with Gasteiger partial charge in [-0.2, -0.15) is 0 Å². The maximum Gasteiger partial charge on any atom is 0.172 e. The Balaban J connectivity index is 2.17. The quantitative estimate of drug-likeness (QED) is 0.907. The Morgan fingerprint density at radius 2 is 2.26 bits per heavy atom. The zero-order valence-electron chi connectivity index (χ0n) is 11.4. The van der Waals surface area contributed by atoms with Gasteiger partial charge in [-0.3, -0.25) is 0 Å². The molecule has 1 atom stereocenters. The van der Waals surface area contributed by atoms with E-state index in [0.29, 0.717) is 0 Å². The Labute approximate surface area is 123 Å². The van der Waals surface area contributed by atoms with Crippen LogP contribution < -0.4 is 5.32 Å². The lowest BCUT2D eigenvalue weighted by molar-refractivity contribution is 0.598. The van der Waals surface area contributed by atoms with Gasteiger partial charge in [0.15, 0.2) is 5.16 Å². The summed E-state index contributed by atoms with van der Waals surface area (Å²) >= 11 is 7.98. The van der Waals surface area contributed by atoms with Gasteiger partial charge >= 0.3 is 0 Å². The fraction of sp³-hybridized carbons (Fsp3) is 0.357. The van der Waals surface area contributed by atoms with Crippen LogP contribution in [0.1, 0.15) is 25.5 Å². The van der Waals surface area contributed by atoms with Crippen molar-refractivity contribution in [2.75, 3.05) is 6.54 Å². The molecule has 102 valence electrons. The van der Waals surface area contributed by atoms with Crippen molar-refractivity contribution in [2.24, 2.45) is 7.05 Å². The van der Waals surface area contributed by atoms with Crippen LogP contribution in [0.2, 0.25) is 5.02 Å². The van der Waals surface area contributed by atoms with Crippen molar-refractivity contribution in [2.45, 2.75) is 29.9 Å². The Morgan fingerprint density at radius 3 is 2.84 bits per heavy atom. The molecule has 0 aliphatic heterocycles. The first kappa shape index (κ1) is 14.4. The maximum atomic E-state index is 6.36. The smallest absolute Gasteiger partial charge is 0.172 e. The largest absolute Gasteiger partial charge is 0.329 e. The van der Waals surface area contributed by atoms with Gasteiger partial charge in [0.2, 0.25) is 0 Å². The summed E-state index contributed by atoms with van der Waals surface area (Å²) in [5, 5.41) is 5.13. The molecule has 0 aliphatic carbocycles. The SMILES string of the molecule is CCNC(C)c1ccc(Sc2nccn2C)cc1Cl. The number of nitrogens with zero attached hydrogens (tertiary/aromatic N) is 2. The minimum absolute atomic E-state index is 0.268. The second-order valence-electron chi connectivity index (χ2n) is 4.39. The van der Waals surface area contributed by atoms with E-state index in [-0.39, 0.29) is 6.04 Å². The van der Waals surface area contributed by atoms with Crippen molar-refractivity contribution in [1.29, 1.82) is 0 Å². The lowest BCUT2D eigenvalue weighted by Gasteiger charge is -2.15. The van der Waals surface area contributed by atoms with Crippen molar-refractivity contribution in [1.82, 2.24) is 14.9 Å². The molecule has 0 saturated heterocycles. The Hall–Kier alpha value is -0.970. The van der Waals surface area contributed by atoms with Crippen molar-refractivity contribution in [3.63, 3.8) is 0 Å². The van der Waals surface area contributed by atoms with E-state index in [0.717, 1.165) is 27.2 Å². The second-order valence-corrected chi connectivity index (χ2v) is 5.83. The monoisotopic (exact) mass is 295 g/mol. The summed E-state index contributed by atoms with van der Waals surface area (Å²) < 4.78 is 1.99. The van der Waals surface area contributed by atoms with Crippen LogP contribution in [0.5, 0.6) is 0 Å². The molecule has 1 aromatic heterocycles. The number of hydrogen-bond donors (Lipinski definition) is 1. The average Bonchev–Trinajstić information content (AvgIpc) is 2.75. The van der Waals surface area contributed by atoms with E-state index in [1.54, 1.807) is 18.0 Å². The predicted octanol–water partition coefficient (Wildman–Crippen LogP) is 3.90. The number of hydrogen-bond acceptors (Lipinski definition) is 3. The minimum Gasteiger partial charge on any atom is -0.329 e. The molecule has 0 spiro atoms. The highest BCUT2D eigenvalue weighted by atomic mass is 35.5. The van der Waals surface area contributed by atoms with E-state index >= 15 is 0 Å². The molecule has 19 heavy (non-hydrogen) atoms. The van der Waals surface area contributed by atoms with Crippen molar-refractivity contribution in [3.8, 4) is 0 Å². The van der Waals surface area contributed by atoms with Gasteiger partial charge in [-0.1, -0.05) is 36.4 Å². The molecular weight excluding hydrogens is 278 g/mol. The summed E-state index contributed by atoms with van der Waals surface area (Å²) in [6.45, 7) is 5.15. The molecule has 0 saturated carbocycles. The summed E-state index contributed by atoms with van der Waals surface area (Å²) in [5.41, 5.74) is 1.13. The number of aromatic nitrogens is 2. The molecular formula is C14H18ClN3S. The van der Waals surface area contributed by atoms with Gasteiger partial charge in [-0.25, -0.2) is 4.98 Å². The van der Waals surface area contributed by atoms with Gasteiger partial charge in [-0.05, 0) is 31.2 Å². The van der Waals surface area contributed by atoms with Gasteiger partial charge in [0.1, 0.15) is 0 Å². The highest BCUT2D eigenvalue weighted by Gasteiger charge is 2.10. The highest BCUT2D eigenvalue weighted by molar-refractivity contribution is 7.99. The topological polar surface area (TPSA) is 29.9 Å². The predicted molar refractivity (Wildman–Crippen MR) is 80.9 cm³/mol. The third kappa shape index (κ3) is 3.53. The summed E-state index contributed by atoms with van der Waals surface area (Å²) in [7, 11) is 1.98. The van der Waals surface area contributed by atoms with Crippen LogP contribution >= 0.6 is 23.4 Å². The molecule has 2 aromatic rings. The first-order valence-corrected chi connectivity index (χ1v) is 7.49. The zero-order chi connectivity index (χ0) is 13.8. The van der Waals surface area contributed by atoms with E-state index in [9.17, 15) is 0 Å². The first-order chi connectivity index (χ1) is 9.11. The third-order valence-corrected chi connectivity index (χ3v) is 4.33. The van der Waals surface area contributed by atoms with E-state index in [2.05, 4.69) is 36.3 Å². The lowest BCUT2D eigenvalue weighted by atomic mass is 10.1. The van der Waals surface area contributed by atoms with Crippen LogP contribution in [-0.4, -0.2) is 16.1 Å². The molecule has 1 heterocycles. The Kier molecular flexibility index (Phi) is 4.91. The zero-order valence-corrected chi connectivity index (χ0v) is 12.9. The first-order valence-electron chi connectivity index (χ1n) is 6.29. The third-order valence-electron chi connectivity index (χ3n) is 2.93. The number of halogens is 1. The van der Waals surface area contributed by atoms with Crippen LogP contribution in [0.25, 0.3) is 0 Å². The van der Waals surface area contributed by atoms with Gasteiger partial charge in [0.05, 0.1) is 0 Å². The fourth-order valence-electron chi connectivity index (χ4n) is 1.89. The summed E-state index contributed by atoms with van der Waals surface area (Å²) in [5.74, 6) is 0. The van der Waals surface area contributed by atoms with Crippen molar-refractivity contribution >= 4 is 23.4 Å². The molecule has 0 radical (unpaired) electrons. The van der Waals surface area contributed by atoms with E-state index in [4.69, 9.17) is 11.6 Å².